The van der Waals surface area contributed by atoms with Crippen molar-refractivity contribution < 1.29 is 24.0 Å². The summed E-state index contributed by atoms with van der Waals surface area (Å²) in [5.41, 5.74) is 0.0195. The minimum Gasteiger partial charge on any atom is -0.444 e. The maximum atomic E-state index is 12.1. The normalized spacial score (nSPS) is 15.4. The largest absolute Gasteiger partial charge is 0.444 e. The van der Waals surface area contributed by atoms with Gasteiger partial charge in [-0.05, 0) is 39.8 Å². The van der Waals surface area contributed by atoms with Gasteiger partial charge in [-0.3, -0.25) is 14.4 Å². The van der Waals surface area contributed by atoms with Gasteiger partial charge in [-0.1, -0.05) is 12.1 Å². The first-order chi connectivity index (χ1) is 10.7. The molecule has 0 radical (unpaired) electrons. The molecular weight excluding hydrogens is 300 g/mol. The molecule has 1 heterocycles. The van der Waals surface area contributed by atoms with Gasteiger partial charge in [0.2, 0.25) is 0 Å². The van der Waals surface area contributed by atoms with Gasteiger partial charge < -0.3 is 10.1 Å². The van der Waals surface area contributed by atoms with Gasteiger partial charge in [0.25, 0.3) is 11.8 Å². The fourth-order valence-corrected chi connectivity index (χ4v) is 2.02. The predicted molar refractivity (Wildman–Crippen MR) is 81.7 cm³/mol. The standard InChI is InChI=1S/C16H20N2O5/c1-10(9-17-15(21)22-16(2,3)4)23-18-13(19)11-7-5-6-8-12(11)14(18)20/h5-8,10H,9H2,1-4H3,(H,17,21). The maximum Gasteiger partial charge on any atom is 0.407 e. The van der Waals surface area contributed by atoms with Gasteiger partial charge in [0.1, 0.15) is 11.7 Å². The molecule has 23 heavy (non-hydrogen) atoms. The number of imide groups is 1. The third kappa shape index (κ3) is 4.07. The average molecular weight is 320 g/mol. The molecule has 3 amide bonds. The van der Waals surface area contributed by atoms with Crippen LogP contribution in [0.25, 0.3) is 0 Å². The van der Waals surface area contributed by atoms with Crippen LogP contribution in [0.1, 0.15) is 48.4 Å². The Hall–Kier alpha value is -2.41. The molecule has 0 saturated heterocycles. The highest BCUT2D eigenvalue weighted by molar-refractivity contribution is 6.20. The highest BCUT2D eigenvalue weighted by atomic mass is 16.7. The highest BCUT2D eigenvalue weighted by Crippen LogP contribution is 2.23. The fourth-order valence-electron chi connectivity index (χ4n) is 2.02. The van der Waals surface area contributed by atoms with E-state index < -0.39 is 29.6 Å². The van der Waals surface area contributed by atoms with Crippen LogP contribution in [0.3, 0.4) is 0 Å². The van der Waals surface area contributed by atoms with Gasteiger partial charge >= 0.3 is 6.09 Å². The molecule has 1 unspecified atom stereocenters. The van der Waals surface area contributed by atoms with E-state index in [2.05, 4.69) is 5.32 Å². The van der Waals surface area contributed by atoms with E-state index >= 15 is 0 Å². The summed E-state index contributed by atoms with van der Waals surface area (Å²) >= 11 is 0. The Bertz CT molecular complexity index is 601. The molecule has 1 aliphatic rings. The van der Waals surface area contributed by atoms with Gasteiger partial charge in [0.05, 0.1) is 11.1 Å². The third-order valence-corrected chi connectivity index (χ3v) is 2.97. The second kappa shape index (κ2) is 6.37. The van der Waals surface area contributed by atoms with Crippen molar-refractivity contribution in [2.24, 2.45) is 0 Å². The van der Waals surface area contributed by atoms with Gasteiger partial charge in [-0.15, -0.1) is 5.06 Å². The summed E-state index contributed by atoms with van der Waals surface area (Å²) in [6.07, 6.45) is -1.17. The molecule has 0 aliphatic carbocycles. The molecule has 1 atom stereocenters. The number of alkyl carbamates (subject to hydrolysis) is 1. The lowest BCUT2D eigenvalue weighted by Crippen LogP contribution is -2.41. The lowest BCUT2D eigenvalue weighted by Gasteiger charge is -2.22. The lowest BCUT2D eigenvalue weighted by molar-refractivity contribution is -0.124. The topological polar surface area (TPSA) is 84.9 Å². The minimum absolute atomic E-state index is 0.0995. The number of nitrogens with one attached hydrogen (secondary N) is 1. The van der Waals surface area contributed by atoms with Crippen molar-refractivity contribution in [3.05, 3.63) is 35.4 Å². The molecule has 0 fully saturated rings. The van der Waals surface area contributed by atoms with Crippen LogP contribution in [0.15, 0.2) is 24.3 Å². The molecule has 0 spiro atoms. The summed E-state index contributed by atoms with van der Waals surface area (Å²) in [6.45, 7) is 7.01. The van der Waals surface area contributed by atoms with Crippen molar-refractivity contribution in [2.75, 3.05) is 6.54 Å². The van der Waals surface area contributed by atoms with Crippen LogP contribution in [0.5, 0.6) is 0 Å². The number of hydrogen-bond acceptors (Lipinski definition) is 5. The Morgan fingerprint density at radius 1 is 1.17 bits per heavy atom. The van der Waals surface area contributed by atoms with E-state index in [1.165, 1.54) is 0 Å². The van der Waals surface area contributed by atoms with Crippen molar-refractivity contribution in [1.82, 2.24) is 10.4 Å². The monoisotopic (exact) mass is 320 g/mol. The molecule has 1 aromatic rings. The van der Waals surface area contributed by atoms with E-state index in [1.54, 1.807) is 52.0 Å². The number of fused-ring (bicyclic) bond motifs is 1. The van der Waals surface area contributed by atoms with Gasteiger partial charge in [0, 0.05) is 6.54 Å². The number of rotatable bonds is 4. The number of nitrogens with zero attached hydrogens (tertiary/aromatic N) is 1. The first-order valence-corrected chi connectivity index (χ1v) is 7.30. The summed E-state index contributed by atoms with van der Waals surface area (Å²) in [7, 11) is 0. The number of amides is 3. The fraction of sp³-hybridized carbons (Fsp3) is 0.438. The number of ether oxygens (including phenoxy) is 1. The number of hydroxylamine groups is 2. The molecule has 1 aliphatic heterocycles. The molecule has 0 saturated carbocycles. The second-order valence-corrected chi connectivity index (χ2v) is 6.25. The van der Waals surface area contributed by atoms with E-state index in [0.29, 0.717) is 11.1 Å². The van der Waals surface area contributed by atoms with Crippen molar-refractivity contribution in [1.29, 1.82) is 0 Å². The molecular formula is C16H20N2O5. The van der Waals surface area contributed by atoms with E-state index in [0.717, 1.165) is 5.06 Å². The third-order valence-electron chi connectivity index (χ3n) is 2.97. The Kier molecular flexibility index (Phi) is 4.70. The zero-order valence-electron chi connectivity index (χ0n) is 13.6. The number of hydrogen-bond donors (Lipinski definition) is 1. The smallest absolute Gasteiger partial charge is 0.407 e. The molecule has 0 aromatic heterocycles. The van der Waals surface area contributed by atoms with Crippen LogP contribution < -0.4 is 5.32 Å². The summed E-state index contributed by atoms with van der Waals surface area (Å²) in [6, 6.07) is 6.51. The van der Waals surface area contributed by atoms with Crippen molar-refractivity contribution in [2.45, 2.75) is 39.4 Å². The van der Waals surface area contributed by atoms with Crippen LogP contribution in [-0.2, 0) is 9.57 Å². The number of benzene rings is 1. The van der Waals surface area contributed by atoms with E-state index in [1.807, 2.05) is 0 Å². The number of carbonyl (C=O) groups is 3. The Labute approximate surface area is 134 Å². The van der Waals surface area contributed by atoms with E-state index in [4.69, 9.17) is 9.57 Å². The molecule has 0 bridgehead atoms. The molecule has 124 valence electrons. The van der Waals surface area contributed by atoms with Crippen LogP contribution in [0.2, 0.25) is 0 Å². The van der Waals surface area contributed by atoms with Crippen molar-refractivity contribution in [3.8, 4) is 0 Å². The van der Waals surface area contributed by atoms with E-state index in [-0.39, 0.29) is 6.54 Å². The van der Waals surface area contributed by atoms with Crippen LogP contribution in [0.4, 0.5) is 4.79 Å². The maximum absolute atomic E-state index is 12.1. The zero-order valence-corrected chi connectivity index (χ0v) is 13.6. The summed E-state index contributed by atoms with van der Waals surface area (Å²) in [4.78, 5) is 41.2. The van der Waals surface area contributed by atoms with Crippen LogP contribution in [0, 0.1) is 0 Å². The average Bonchev–Trinajstić information content (AvgIpc) is 2.69. The van der Waals surface area contributed by atoms with Crippen molar-refractivity contribution in [3.63, 3.8) is 0 Å². The SMILES string of the molecule is CC(CNC(=O)OC(C)(C)C)ON1C(=O)c2ccccc2C1=O. The lowest BCUT2D eigenvalue weighted by atomic mass is 10.1. The molecule has 2 rings (SSSR count). The first-order valence-electron chi connectivity index (χ1n) is 7.30. The zero-order chi connectivity index (χ0) is 17.2. The van der Waals surface area contributed by atoms with Crippen molar-refractivity contribution >= 4 is 17.9 Å². The Morgan fingerprint density at radius 3 is 2.17 bits per heavy atom. The number of carbonyl (C=O) groups excluding carboxylic acids is 3. The second-order valence-electron chi connectivity index (χ2n) is 6.25. The van der Waals surface area contributed by atoms with Gasteiger partial charge in [-0.2, -0.15) is 0 Å². The summed E-state index contributed by atoms with van der Waals surface area (Å²) in [5.74, 6) is -1.01. The molecule has 1 N–H and O–H groups in total. The van der Waals surface area contributed by atoms with Gasteiger partial charge in [0.15, 0.2) is 0 Å². The molecule has 7 heteroatoms. The Balaban J connectivity index is 1.90. The molecule has 1 aromatic carbocycles. The Morgan fingerprint density at radius 2 is 1.70 bits per heavy atom. The van der Waals surface area contributed by atoms with Crippen LogP contribution in [-0.4, -0.2) is 41.2 Å². The highest BCUT2D eigenvalue weighted by Gasteiger charge is 2.37. The molecule has 7 nitrogen and oxygen atoms in total. The summed E-state index contributed by atoms with van der Waals surface area (Å²) < 4.78 is 5.10. The quantitative estimate of drug-likeness (QED) is 0.859. The van der Waals surface area contributed by atoms with E-state index in [9.17, 15) is 14.4 Å². The van der Waals surface area contributed by atoms with Gasteiger partial charge in [-0.25, -0.2) is 4.79 Å². The predicted octanol–water partition coefficient (Wildman–Crippen LogP) is 2.13. The summed E-state index contributed by atoms with van der Waals surface area (Å²) in [5, 5.41) is 3.26. The first kappa shape index (κ1) is 17.0. The minimum atomic E-state index is -0.600. The van der Waals surface area contributed by atoms with Crippen LogP contribution >= 0.6 is 0 Å².